The molecule has 0 atom stereocenters. The SMILES string of the molecule is O=C(N/N=C/c1cc(Br)ccc1O)c1cc(Br)c[nH]1. The number of carbonyl (C=O) groups is 1. The highest BCUT2D eigenvalue weighted by Crippen LogP contribution is 2.19. The highest BCUT2D eigenvalue weighted by atomic mass is 79.9. The first-order valence-electron chi connectivity index (χ1n) is 5.22. The summed E-state index contributed by atoms with van der Waals surface area (Å²) in [6.07, 6.45) is 3.02. The fourth-order valence-electron chi connectivity index (χ4n) is 1.35. The molecule has 98 valence electrons. The van der Waals surface area contributed by atoms with Crippen molar-refractivity contribution >= 4 is 44.0 Å². The minimum atomic E-state index is -0.364. The number of nitrogens with one attached hydrogen (secondary N) is 2. The van der Waals surface area contributed by atoms with Gasteiger partial charge >= 0.3 is 0 Å². The molecule has 0 aliphatic heterocycles. The third-order valence-corrected chi connectivity index (χ3v) is 3.20. The molecule has 1 aromatic carbocycles. The largest absolute Gasteiger partial charge is 0.507 e. The first-order valence-corrected chi connectivity index (χ1v) is 6.80. The molecule has 0 aliphatic rings. The number of phenols is 1. The molecule has 0 bridgehead atoms. The smallest absolute Gasteiger partial charge is 0.287 e. The maximum atomic E-state index is 11.7. The summed E-state index contributed by atoms with van der Waals surface area (Å²) in [7, 11) is 0. The van der Waals surface area contributed by atoms with Crippen LogP contribution in [0.3, 0.4) is 0 Å². The summed E-state index contributed by atoms with van der Waals surface area (Å²) in [6.45, 7) is 0. The van der Waals surface area contributed by atoms with Gasteiger partial charge < -0.3 is 10.1 Å². The molecular formula is C12H9Br2N3O2. The van der Waals surface area contributed by atoms with E-state index in [-0.39, 0.29) is 11.7 Å². The Morgan fingerprint density at radius 1 is 1.32 bits per heavy atom. The second kappa shape index (κ2) is 6.03. The number of phenolic OH excluding ortho intramolecular Hbond substituents is 1. The first-order chi connectivity index (χ1) is 9.06. The van der Waals surface area contributed by atoms with Crippen LogP contribution in [0.25, 0.3) is 0 Å². The van der Waals surface area contributed by atoms with E-state index in [4.69, 9.17) is 0 Å². The van der Waals surface area contributed by atoms with E-state index in [1.807, 2.05) is 0 Å². The Kier molecular flexibility index (Phi) is 4.39. The number of carbonyl (C=O) groups excluding carboxylic acids is 1. The lowest BCUT2D eigenvalue weighted by Crippen LogP contribution is -2.17. The third kappa shape index (κ3) is 3.68. The van der Waals surface area contributed by atoms with Gasteiger partial charge in [-0.2, -0.15) is 5.10 Å². The molecule has 1 heterocycles. The zero-order valence-electron chi connectivity index (χ0n) is 9.52. The van der Waals surface area contributed by atoms with E-state index in [0.29, 0.717) is 11.3 Å². The lowest BCUT2D eigenvalue weighted by molar-refractivity contribution is 0.0950. The van der Waals surface area contributed by atoms with E-state index in [1.165, 1.54) is 12.3 Å². The number of aromatic nitrogens is 1. The Hall–Kier alpha value is -1.60. The van der Waals surface area contributed by atoms with Gasteiger partial charge in [-0.05, 0) is 40.2 Å². The van der Waals surface area contributed by atoms with Crippen LogP contribution >= 0.6 is 31.9 Å². The van der Waals surface area contributed by atoms with Crippen LogP contribution in [0.4, 0.5) is 0 Å². The molecule has 0 saturated carbocycles. The number of hydrogen-bond acceptors (Lipinski definition) is 3. The molecule has 5 nitrogen and oxygen atoms in total. The van der Waals surface area contributed by atoms with E-state index >= 15 is 0 Å². The quantitative estimate of drug-likeness (QED) is 0.560. The minimum absolute atomic E-state index is 0.0869. The number of halogens is 2. The number of hydrazone groups is 1. The molecule has 0 radical (unpaired) electrons. The average Bonchev–Trinajstić information content (AvgIpc) is 2.80. The van der Waals surface area contributed by atoms with Gasteiger partial charge in [-0.25, -0.2) is 5.43 Å². The Balaban J connectivity index is 2.04. The molecule has 0 spiro atoms. The van der Waals surface area contributed by atoms with Crippen LogP contribution in [0.15, 0.2) is 44.5 Å². The highest BCUT2D eigenvalue weighted by Gasteiger charge is 2.06. The van der Waals surface area contributed by atoms with Gasteiger partial charge in [0, 0.05) is 20.7 Å². The first kappa shape index (κ1) is 13.8. The van der Waals surface area contributed by atoms with Crippen molar-refractivity contribution in [2.75, 3.05) is 0 Å². The number of amides is 1. The molecule has 0 fully saturated rings. The number of H-pyrrole nitrogens is 1. The van der Waals surface area contributed by atoms with Crippen LogP contribution in [-0.4, -0.2) is 22.2 Å². The van der Waals surface area contributed by atoms with E-state index in [1.54, 1.807) is 24.4 Å². The van der Waals surface area contributed by atoms with Crippen molar-refractivity contribution in [2.45, 2.75) is 0 Å². The summed E-state index contributed by atoms with van der Waals surface area (Å²) < 4.78 is 1.60. The van der Waals surface area contributed by atoms with E-state index in [2.05, 4.69) is 47.4 Å². The van der Waals surface area contributed by atoms with Gasteiger partial charge in [0.05, 0.1) is 6.21 Å². The molecule has 0 aliphatic carbocycles. The van der Waals surface area contributed by atoms with Gasteiger partial charge in [-0.3, -0.25) is 4.79 Å². The predicted molar refractivity (Wildman–Crippen MR) is 79.4 cm³/mol. The summed E-state index contributed by atoms with van der Waals surface area (Å²) in [6, 6.07) is 6.58. The Morgan fingerprint density at radius 2 is 2.11 bits per heavy atom. The fourth-order valence-corrected chi connectivity index (χ4v) is 2.07. The highest BCUT2D eigenvalue weighted by molar-refractivity contribution is 9.10. The van der Waals surface area contributed by atoms with Gasteiger partial charge in [0.1, 0.15) is 11.4 Å². The third-order valence-electron chi connectivity index (χ3n) is 2.25. The zero-order chi connectivity index (χ0) is 13.8. The molecule has 19 heavy (non-hydrogen) atoms. The van der Waals surface area contributed by atoms with Crippen molar-refractivity contribution < 1.29 is 9.90 Å². The van der Waals surface area contributed by atoms with Crippen molar-refractivity contribution in [3.05, 3.63) is 50.7 Å². The minimum Gasteiger partial charge on any atom is -0.507 e. The number of aromatic hydroxyl groups is 1. The van der Waals surface area contributed by atoms with Crippen molar-refractivity contribution in [3.8, 4) is 5.75 Å². The van der Waals surface area contributed by atoms with Crippen molar-refractivity contribution in [1.29, 1.82) is 0 Å². The van der Waals surface area contributed by atoms with E-state index in [0.717, 1.165) is 8.95 Å². The lowest BCUT2D eigenvalue weighted by Gasteiger charge is -1.99. The standard InChI is InChI=1S/C12H9Br2N3O2/c13-8-1-2-11(18)7(3-8)5-16-17-12(19)10-4-9(14)6-15-10/h1-6,15,18H,(H,17,19)/b16-5+. The normalized spacial score (nSPS) is 10.8. The summed E-state index contributed by atoms with van der Waals surface area (Å²) in [5.74, 6) is -0.278. The second-order valence-electron chi connectivity index (χ2n) is 3.63. The molecule has 3 N–H and O–H groups in total. The van der Waals surface area contributed by atoms with Gasteiger partial charge in [0.2, 0.25) is 0 Å². The number of nitrogens with zero attached hydrogens (tertiary/aromatic N) is 1. The monoisotopic (exact) mass is 385 g/mol. The van der Waals surface area contributed by atoms with E-state index in [9.17, 15) is 9.90 Å². The number of benzene rings is 1. The van der Waals surface area contributed by atoms with Crippen LogP contribution in [-0.2, 0) is 0 Å². The van der Waals surface area contributed by atoms with Gasteiger partial charge in [-0.1, -0.05) is 15.9 Å². The van der Waals surface area contributed by atoms with Crippen LogP contribution < -0.4 is 5.43 Å². The number of rotatable bonds is 3. The Morgan fingerprint density at radius 3 is 2.79 bits per heavy atom. The zero-order valence-corrected chi connectivity index (χ0v) is 12.7. The van der Waals surface area contributed by atoms with E-state index < -0.39 is 0 Å². The topological polar surface area (TPSA) is 77.5 Å². The molecule has 1 aromatic heterocycles. The fraction of sp³-hybridized carbons (Fsp3) is 0. The molecule has 2 rings (SSSR count). The van der Waals surface area contributed by atoms with Gasteiger partial charge in [-0.15, -0.1) is 0 Å². The summed E-state index contributed by atoms with van der Waals surface area (Å²) in [5, 5.41) is 13.4. The summed E-state index contributed by atoms with van der Waals surface area (Å²) in [4.78, 5) is 14.4. The van der Waals surface area contributed by atoms with Crippen LogP contribution in [0, 0.1) is 0 Å². The Bertz CT molecular complexity index is 638. The lowest BCUT2D eigenvalue weighted by atomic mass is 10.2. The molecule has 1 amide bonds. The van der Waals surface area contributed by atoms with Crippen molar-refractivity contribution in [2.24, 2.45) is 5.10 Å². The van der Waals surface area contributed by atoms with Crippen molar-refractivity contribution in [3.63, 3.8) is 0 Å². The van der Waals surface area contributed by atoms with Crippen LogP contribution in [0.1, 0.15) is 16.1 Å². The second-order valence-corrected chi connectivity index (χ2v) is 5.47. The van der Waals surface area contributed by atoms with Crippen LogP contribution in [0.5, 0.6) is 5.75 Å². The molecule has 0 saturated heterocycles. The average molecular weight is 387 g/mol. The summed E-state index contributed by atoms with van der Waals surface area (Å²) >= 11 is 6.52. The maximum Gasteiger partial charge on any atom is 0.287 e. The van der Waals surface area contributed by atoms with Gasteiger partial charge in [0.25, 0.3) is 5.91 Å². The molecule has 7 heteroatoms. The summed E-state index contributed by atoms with van der Waals surface area (Å²) in [5.41, 5.74) is 3.25. The number of aromatic amines is 1. The van der Waals surface area contributed by atoms with Gasteiger partial charge in [0.15, 0.2) is 0 Å². The van der Waals surface area contributed by atoms with Crippen molar-refractivity contribution in [1.82, 2.24) is 10.4 Å². The maximum absolute atomic E-state index is 11.7. The molecular weight excluding hydrogens is 378 g/mol. The number of hydrogen-bond donors (Lipinski definition) is 3. The molecule has 0 unspecified atom stereocenters. The molecule has 2 aromatic rings. The Labute approximate surface area is 126 Å². The predicted octanol–water partition coefficient (Wildman–Crippen LogP) is 3.01. The van der Waals surface area contributed by atoms with Crippen LogP contribution in [0.2, 0.25) is 0 Å².